The van der Waals surface area contributed by atoms with Gasteiger partial charge in [-0.05, 0) is 143 Å². The number of nitrogen functional groups attached to an aromatic ring is 2. The number of nitrogens with two attached hydrogens (primary N) is 2. The smallest absolute Gasteiger partial charge is 0.307 e. The summed E-state index contributed by atoms with van der Waals surface area (Å²) < 4.78 is 21.9. The van der Waals surface area contributed by atoms with Crippen molar-refractivity contribution >= 4 is 78.4 Å². The third-order valence-electron chi connectivity index (χ3n) is 10.2. The van der Waals surface area contributed by atoms with E-state index in [2.05, 4.69) is 48.5 Å². The van der Waals surface area contributed by atoms with Crippen LogP contribution in [0.1, 0.15) is 89.2 Å². The summed E-state index contributed by atoms with van der Waals surface area (Å²) >= 11 is 0. The molecule has 4 aromatic rings. The Bertz CT molecular complexity index is 2030. The highest BCUT2D eigenvalue weighted by atomic mass is 33.1. The Morgan fingerprint density at radius 1 is 0.500 bits per heavy atom. The van der Waals surface area contributed by atoms with E-state index in [1.54, 1.807) is 57.0 Å². The van der Waals surface area contributed by atoms with Crippen LogP contribution in [-0.4, -0.2) is 85.5 Å². The highest BCUT2D eigenvalue weighted by Crippen LogP contribution is 2.38. The van der Waals surface area contributed by atoms with Gasteiger partial charge in [-0.25, -0.2) is 0 Å². The van der Waals surface area contributed by atoms with Crippen molar-refractivity contribution in [3.63, 3.8) is 0 Å². The summed E-state index contributed by atoms with van der Waals surface area (Å²) in [6.07, 6.45) is 4.97. The number of anilines is 2. The topological polar surface area (TPSA) is 181 Å². The fraction of sp³-hybridized carbons (Fsp3) is 0.440. The van der Waals surface area contributed by atoms with Crippen LogP contribution < -0.4 is 11.5 Å². The Morgan fingerprint density at radius 3 is 1.29 bits per heavy atom. The lowest BCUT2D eigenvalue weighted by molar-refractivity contribution is -0.152. The molecule has 0 heterocycles. The molecule has 66 heavy (non-hydrogen) atoms. The molecule has 0 bridgehead atoms. The number of aliphatic hydroxyl groups excluding tert-OH is 1. The molecule has 358 valence electrons. The molecule has 16 heteroatoms. The summed E-state index contributed by atoms with van der Waals surface area (Å²) in [5.41, 5.74) is 15.3. The number of ether oxygens (including phenoxy) is 4. The van der Waals surface area contributed by atoms with Crippen molar-refractivity contribution in [3.05, 3.63) is 108 Å². The average molecular weight is 980 g/mol. The fourth-order valence-electron chi connectivity index (χ4n) is 6.32. The predicted molar refractivity (Wildman–Crippen MR) is 268 cm³/mol. The van der Waals surface area contributed by atoms with Gasteiger partial charge in [-0.15, -0.1) is 0 Å². The van der Waals surface area contributed by atoms with Gasteiger partial charge < -0.3 is 40.4 Å². The van der Waals surface area contributed by atoms with Crippen molar-refractivity contribution in [3.8, 4) is 0 Å². The summed E-state index contributed by atoms with van der Waals surface area (Å²) in [4.78, 5) is 56.6. The van der Waals surface area contributed by atoms with Crippen LogP contribution in [0.3, 0.4) is 0 Å². The lowest BCUT2D eigenvalue weighted by Crippen LogP contribution is -2.31. The maximum Gasteiger partial charge on any atom is 0.307 e. The number of benzene rings is 4. The minimum Gasteiger partial charge on any atom is -0.466 e. The van der Waals surface area contributed by atoms with E-state index in [4.69, 9.17) is 30.4 Å². The van der Waals surface area contributed by atoms with Gasteiger partial charge in [-0.2, -0.15) is 0 Å². The molecule has 0 aromatic heterocycles. The molecule has 0 aliphatic heterocycles. The molecule has 2 atom stereocenters. The Hall–Kier alpha value is -4.32. The number of rotatable bonds is 32. The fourth-order valence-corrected chi connectivity index (χ4v) is 10.2. The van der Waals surface area contributed by atoms with Crippen molar-refractivity contribution in [2.75, 3.05) is 50.9 Å². The Labute approximate surface area is 406 Å². The molecule has 0 spiro atoms. The standard InChI is InChI=1S/C50H65N3O9S4/c1-37(61-49(57)10-6-8-40-13-21-44(22-14-40)64-66-46-25-17-42(52)18-26-46)30-36-60-48(56)27-32-53(31-3-4-34-54)33-28-50(58)62-38(2)29-35-59-47(55)9-5-7-39-11-19-43(20-12-39)63-65-45-23-15-41(51)16-24-45/h11-26,37-38,54H,3-10,27-36,51-52H2,1-2H3. The summed E-state index contributed by atoms with van der Waals surface area (Å²) in [5.74, 6) is -1.32. The molecule has 0 aliphatic carbocycles. The zero-order chi connectivity index (χ0) is 47.4. The summed E-state index contributed by atoms with van der Waals surface area (Å²) in [7, 11) is 6.71. The van der Waals surface area contributed by atoms with Gasteiger partial charge in [-0.1, -0.05) is 67.4 Å². The van der Waals surface area contributed by atoms with Gasteiger partial charge in [0, 0.05) is 76.3 Å². The van der Waals surface area contributed by atoms with Crippen LogP contribution in [-0.2, 0) is 51.0 Å². The zero-order valence-corrected chi connectivity index (χ0v) is 41.3. The lowest BCUT2D eigenvalue weighted by atomic mass is 10.1. The molecule has 5 N–H and O–H groups in total. The second-order valence-corrected chi connectivity index (χ2v) is 20.4. The monoisotopic (exact) mass is 979 g/mol. The number of hydrogen-bond acceptors (Lipinski definition) is 16. The first-order chi connectivity index (χ1) is 31.9. The third-order valence-corrected chi connectivity index (χ3v) is 15.0. The molecule has 0 saturated carbocycles. The molecule has 0 aliphatic rings. The Balaban J connectivity index is 1.01. The van der Waals surface area contributed by atoms with Gasteiger partial charge in [0.25, 0.3) is 0 Å². The third kappa shape index (κ3) is 23.9. The highest BCUT2D eigenvalue weighted by Gasteiger charge is 2.16. The van der Waals surface area contributed by atoms with E-state index < -0.39 is 12.2 Å². The maximum atomic E-state index is 12.7. The molecule has 2 unspecified atom stereocenters. The number of carbonyl (C=O) groups excluding carboxylic acids is 4. The van der Waals surface area contributed by atoms with E-state index in [9.17, 15) is 24.3 Å². The Kier molecular flexibility index (Phi) is 26.0. The van der Waals surface area contributed by atoms with E-state index in [1.807, 2.05) is 53.4 Å². The van der Waals surface area contributed by atoms with Gasteiger partial charge >= 0.3 is 23.9 Å². The van der Waals surface area contributed by atoms with Crippen LogP contribution >= 0.6 is 43.2 Å². The van der Waals surface area contributed by atoms with E-state index in [0.717, 1.165) is 54.9 Å². The molecule has 4 rings (SSSR count). The molecule has 0 radical (unpaired) electrons. The van der Waals surface area contributed by atoms with E-state index >= 15 is 0 Å². The number of aryl methyl sites for hydroxylation is 2. The van der Waals surface area contributed by atoms with Crippen molar-refractivity contribution < 1.29 is 43.2 Å². The maximum absolute atomic E-state index is 12.7. The summed E-state index contributed by atoms with van der Waals surface area (Å²) in [6, 6.07) is 32.2. The van der Waals surface area contributed by atoms with Crippen molar-refractivity contribution in [1.82, 2.24) is 4.90 Å². The van der Waals surface area contributed by atoms with Gasteiger partial charge in [0.2, 0.25) is 0 Å². The van der Waals surface area contributed by atoms with Crippen molar-refractivity contribution in [2.45, 2.75) is 123 Å². The number of unbranched alkanes of at least 4 members (excludes halogenated alkanes) is 1. The number of nitrogens with zero attached hydrogens (tertiary/aromatic N) is 1. The van der Waals surface area contributed by atoms with Crippen molar-refractivity contribution in [1.29, 1.82) is 0 Å². The van der Waals surface area contributed by atoms with E-state index in [0.29, 0.717) is 71.0 Å². The number of aliphatic hydroxyl groups is 1. The predicted octanol–water partition coefficient (Wildman–Crippen LogP) is 10.4. The summed E-state index contributed by atoms with van der Waals surface area (Å²) in [6.45, 7) is 5.26. The molecular formula is C50H65N3O9S4. The minimum atomic E-state index is -0.432. The van der Waals surface area contributed by atoms with E-state index in [1.165, 1.54) is 0 Å². The van der Waals surface area contributed by atoms with Crippen molar-refractivity contribution in [2.24, 2.45) is 0 Å². The number of carbonyl (C=O) groups is 4. The normalized spacial score (nSPS) is 12.1. The highest BCUT2D eigenvalue weighted by molar-refractivity contribution is 8.77. The lowest BCUT2D eigenvalue weighted by Gasteiger charge is -2.22. The second-order valence-electron chi connectivity index (χ2n) is 15.9. The Morgan fingerprint density at radius 2 is 0.864 bits per heavy atom. The van der Waals surface area contributed by atoms with Crippen LogP contribution in [0, 0.1) is 0 Å². The molecule has 12 nitrogen and oxygen atoms in total. The van der Waals surface area contributed by atoms with Gasteiger partial charge in [0.15, 0.2) is 0 Å². The minimum absolute atomic E-state index is 0.0575. The first-order valence-electron chi connectivity index (χ1n) is 22.6. The van der Waals surface area contributed by atoms with Crippen LogP contribution in [0.4, 0.5) is 11.4 Å². The first-order valence-corrected chi connectivity index (χ1v) is 26.9. The van der Waals surface area contributed by atoms with Crippen LogP contribution in [0.25, 0.3) is 0 Å². The van der Waals surface area contributed by atoms with Crippen LogP contribution in [0.2, 0.25) is 0 Å². The van der Waals surface area contributed by atoms with Crippen LogP contribution in [0.15, 0.2) is 117 Å². The van der Waals surface area contributed by atoms with Gasteiger partial charge in [0.05, 0.1) is 26.1 Å². The molecule has 0 fully saturated rings. The summed E-state index contributed by atoms with van der Waals surface area (Å²) in [5, 5.41) is 9.27. The molecule has 0 saturated heterocycles. The largest absolute Gasteiger partial charge is 0.466 e. The first kappa shape index (κ1) is 54.3. The number of esters is 4. The molecular weight excluding hydrogens is 915 g/mol. The molecule has 4 aromatic carbocycles. The zero-order valence-electron chi connectivity index (χ0n) is 38.1. The number of hydrogen-bond donors (Lipinski definition) is 3. The quantitative estimate of drug-likeness (QED) is 0.0138. The average Bonchev–Trinajstić information content (AvgIpc) is 3.30. The van der Waals surface area contributed by atoms with Crippen LogP contribution in [0.5, 0.6) is 0 Å². The van der Waals surface area contributed by atoms with Gasteiger partial charge in [0.1, 0.15) is 12.2 Å². The van der Waals surface area contributed by atoms with Gasteiger partial charge in [-0.3, -0.25) is 19.2 Å². The SMILES string of the molecule is CC(CCOC(=O)CCN(CCCCO)CCC(=O)OC(C)CCOC(=O)CCCc1ccc(SSc2ccc(N)cc2)cc1)OC(=O)CCCc1ccc(SSc2ccc(N)cc2)cc1. The second kappa shape index (κ2) is 31.6. The van der Waals surface area contributed by atoms with E-state index in [-0.39, 0.29) is 56.5 Å². The molecule has 0 amide bonds.